The van der Waals surface area contributed by atoms with Gasteiger partial charge >= 0.3 is 5.97 Å². The molecule has 1 aromatic carbocycles. The van der Waals surface area contributed by atoms with Crippen molar-refractivity contribution in [2.75, 3.05) is 13.7 Å². The van der Waals surface area contributed by atoms with E-state index in [9.17, 15) is 13.2 Å². The highest BCUT2D eigenvalue weighted by Crippen LogP contribution is 2.35. The molecular weight excluding hydrogens is 348 g/mol. The number of ether oxygens (including phenoxy) is 1. The van der Waals surface area contributed by atoms with Crippen LogP contribution in [-0.2, 0) is 14.8 Å². The number of esters is 1. The first kappa shape index (κ1) is 18.9. The first-order valence-corrected chi connectivity index (χ1v) is 8.53. The number of hydrogen-bond donors (Lipinski definition) is 2. The molecule has 22 heavy (non-hydrogen) atoms. The summed E-state index contributed by atoms with van der Waals surface area (Å²) in [5.74, 6) is -0.669. The predicted octanol–water partition coefficient (Wildman–Crippen LogP) is 1.74. The summed E-state index contributed by atoms with van der Waals surface area (Å²) in [6.45, 7) is 1.82. The van der Waals surface area contributed by atoms with E-state index in [0.717, 1.165) is 11.3 Å². The zero-order valence-electron chi connectivity index (χ0n) is 12.0. The lowest BCUT2D eigenvalue weighted by Crippen LogP contribution is -2.38. The van der Waals surface area contributed by atoms with Gasteiger partial charge in [-0.3, -0.25) is 0 Å². The highest BCUT2D eigenvalue weighted by atomic mass is 35.5. The first-order chi connectivity index (χ1) is 9.90. The van der Waals surface area contributed by atoms with Gasteiger partial charge in [0.15, 0.2) is 0 Å². The minimum absolute atomic E-state index is 0. The van der Waals surface area contributed by atoms with Crippen LogP contribution >= 0.6 is 23.7 Å². The maximum Gasteiger partial charge on any atom is 0.349 e. The molecule has 0 amide bonds. The van der Waals surface area contributed by atoms with Crippen LogP contribution in [0.5, 0.6) is 0 Å². The fourth-order valence-electron chi connectivity index (χ4n) is 1.89. The van der Waals surface area contributed by atoms with Gasteiger partial charge in [0, 0.05) is 22.7 Å². The minimum atomic E-state index is -3.86. The minimum Gasteiger partial charge on any atom is -0.465 e. The number of methoxy groups -OCH3 is 1. The molecule has 2 aromatic rings. The third-order valence-electron chi connectivity index (χ3n) is 2.90. The van der Waals surface area contributed by atoms with Crippen LogP contribution in [0.1, 0.15) is 16.6 Å². The smallest absolute Gasteiger partial charge is 0.349 e. The molecule has 1 heterocycles. The van der Waals surface area contributed by atoms with E-state index in [1.54, 1.807) is 31.2 Å². The summed E-state index contributed by atoms with van der Waals surface area (Å²) >= 11 is 1.09. The van der Waals surface area contributed by atoms with E-state index in [1.165, 1.54) is 7.11 Å². The maximum absolute atomic E-state index is 12.6. The summed E-state index contributed by atoms with van der Waals surface area (Å²) in [5, 5.41) is 0.500. The second-order valence-electron chi connectivity index (χ2n) is 4.51. The normalized spacial score (nSPS) is 12.7. The monoisotopic (exact) mass is 364 g/mol. The molecule has 9 heteroatoms. The van der Waals surface area contributed by atoms with Gasteiger partial charge in [-0.15, -0.1) is 23.7 Å². The number of halogens is 1. The molecule has 0 saturated heterocycles. The molecule has 0 radical (unpaired) electrons. The van der Waals surface area contributed by atoms with E-state index in [1.807, 2.05) is 0 Å². The Hall–Kier alpha value is -1.19. The van der Waals surface area contributed by atoms with Crippen molar-refractivity contribution in [3.8, 4) is 0 Å². The van der Waals surface area contributed by atoms with Gasteiger partial charge < -0.3 is 10.5 Å². The van der Waals surface area contributed by atoms with E-state index in [4.69, 9.17) is 5.73 Å². The number of carbonyl (C=O) groups is 1. The highest BCUT2D eigenvalue weighted by Gasteiger charge is 2.29. The fourth-order valence-corrected chi connectivity index (χ4v) is 4.96. The Morgan fingerprint density at radius 1 is 1.41 bits per heavy atom. The first-order valence-electron chi connectivity index (χ1n) is 6.23. The van der Waals surface area contributed by atoms with E-state index in [0.29, 0.717) is 10.1 Å². The molecule has 6 nitrogen and oxygen atoms in total. The van der Waals surface area contributed by atoms with E-state index >= 15 is 0 Å². The average Bonchev–Trinajstić information content (AvgIpc) is 2.86. The van der Waals surface area contributed by atoms with Gasteiger partial charge in [0.2, 0.25) is 10.0 Å². The van der Waals surface area contributed by atoms with Crippen molar-refractivity contribution in [1.29, 1.82) is 0 Å². The molecule has 1 aromatic heterocycles. The van der Waals surface area contributed by atoms with Gasteiger partial charge in [0.05, 0.1) is 7.11 Å². The second-order valence-corrected chi connectivity index (χ2v) is 7.21. The molecule has 0 aliphatic carbocycles. The van der Waals surface area contributed by atoms with Crippen LogP contribution in [0.4, 0.5) is 0 Å². The molecule has 0 fully saturated rings. The topological polar surface area (TPSA) is 98.5 Å². The molecule has 0 aliphatic heterocycles. The average molecular weight is 365 g/mol. The lowest BCUT2D eigenvalue weighted by Gasteiger charge is -2.12. The number of sulfonamides is 1. The van der Waals surface area contributed by atoms with Crippen molar-refractivity contribution in [2.24, 2.45) is 5.73 Å². The Kier molecular flexibility index (Phi) is 6.33. The van der Waals surface area contributed by atoms with Crippen molar-refractivity contribution >= 4 is 49.8 Å². The number of benzene rings is 1. The number of nitrogens with two attached hydrogens (primary N) is 1. The SMILES string of the molecule is COC(=O)c1sc2ccccc2c1S(=O)(=O)N[C@@H](C)CN.Cl. The standard InChI is InChI=1S/C13H16N2O4S2.ClH/c1-8(7-14)15-21(17,18)12-9-5-3-4-6-10(9)20-11(12)13(16)19-2;/h3-6,8,15H,7,14H2,1-2H3;1H/t8-;/m0./s1. The van der Waals surface area contributed by atoms with Crippen LogP contribution in [0.3, 0.4) is 0 Å². The number of hydrogen-bond acceptors (Lipinski definition) is 6. The van der Waals surface area contributed by atoms with E-state index < -0.39 is 22.0 Å². The Morgan fingerprint density at radius 3 is 2.64 bits per heavy atom. The van der Waals surface area contributed by atoms with Gasteiger partial charge in [-0.05, 0) is 13.0 Å². The summed E-state index contributed by atoms with van der Waals surface area (Å²) in [4.78, 5) is 11.9. The zero-order valence-corrected chi connectivity index (χ0v) is 14.5. The Labute approximate surface area is 139 Å². The third-order valence-corrected chi connectivity index (χ3v) is 5.85. The number of rotatable bonds is 5. The predicted molar refractivity (Wildman–Crippen MR) is 89.3 cm³/mol. The number of fused-ring (bicyclic) bond motifs is 1. The summed E-state index contributed by atoms with van der Waals surface area (Å²) in [6.07, 6.45) is 0. The van der Waals surface area contributed by atoms with Crippen molar-refractivity contribution in [3.63, 3.8) is 0 Å². The number of nitrogens with one attached hydrogen (secondary N) is 1. The van der Waals surface area contributed by atoms with Crippen LogP contribution in [0.2, 0.25) is 0 Å². The second kappa shape index (κ2) is 7.38. The Balaban J connectivity index is 0.00000242. The Morgan fingerprint density at radius 2 is 2.05 bits per heavy atom. The summed E-state index contributed by atoms with van der Waals surface area (Å²) < 4.78 is 33.0. The van der Waals surface area contributed by atoms with Crippen molar-refractivity contribution in [1.82, 2.24) is 4.72 Å². The molecule has 0 unspecified atom stereocenters. The largest absolute Gasteiger partial charge is 0.465 e. The van der Waals surface area contributed by atoms with Crippen LogP contribution in [-0.4, -0.2) is 34.1 Å². The van der Waals surface area contributed by atoms with Crippen molar-refractivity contribution < 1.29 is 17.9 Å². The van der Waals surface area contributed by atoms with Crippen LogP contribution in [0, 0.1) is 0 Å². The summed E-state index contributed by atoms with van der Waals surface area (Å²) in [5.41, 5.74) is 5.45. The van der Waals surface area contributed by atoms with Gasteiger partial charge in [-0.2, -0.15) is 0 Å². The lowest BCUT2D eigenvalue weighted by molar-refractivity contribution is 0.0602. The summed E-state index contributed by atoms with van der Waals surface area (Å²) in [6, 6.07) is 6.50. The Bertz CT molecular complexity index is 773. The molecule has 1 atom stereocenters. The van der Waals surface area contributed by atoms with Gasteiger partial charge in [0.1, 0.15) is 9.77 Å². The molecule has 0 bridgehead atoms. The molecule has 3 N–H and O–H groups in total. The molecule has 0 saturated carbocycles. The van der Waals surface area contributed by atoms with E-state index in [-0.39, 0.29) is 28.7 Å². The zero-order chi connectivity index (χ0) is 15.6. The lowest BCUT2D eigenvalue weighted by atomic mass is 10.2. The maximum atomic E-state index is 12.6. The quantitative estimate of drug-likeness (QED) is 0.787. The van der Waals surface area contributed by atoms with Crippen LogP contribution in [0.15, 0.2) is 29.2 Å². The molecule has 0 aliphatic rings. The molecule has 0 spiro atoms. The third kappa shape index (κ3) is 3.58. The van der Waals surface area contributed by atoms with E-state index in [2.05, 4.69) is 9.46 Å². The van der Waals surface area contributed by atoms with Crippen LogP contribution < -0.4 is 10.5 Å². The molecular formula is C13H17ClN2O4S2. The fraction of sp³-hybridized carbons (Fsp3) is 0.308. The number of carbonyl (C=O) groups excluding carboxylic acids is 1. The van der Waals surface area contributed by atoms with Crippen molar-refractivity contribution in [2.45, 2.75) is 17.9 Å². The number of thiophene rings is 1. The molecule has 2 rings (SSSR count). The molecule has 122 valence electrons. The van der Waals surface area contributed by atoms with Gasteiger partial charge in [-0.25, -0.2) is 17.9 Å². The van der Waals surface area contributed by atoms with Gasteiger partial charge in [-0.1, -0.05) is 18.2 Å². The van der Waals surface area contributed by atoms with Crippen LogP contribution in [0.25, 0.3) is 10.1 Å². The summed E-state index contributed by atoms with van der Waals surface area (Å²) in [7, 11) is -2.64. The van der Waals surface area contributed by atoms with Gasteiger partial charge in [0.25, 0.3) is 0 Å². The highest BCUT2D eigenvalue weighted by molar-refractivity contribution is 7.90. The van der Waals surface area contributed by atoms with Crippen molar-refractivity contribution in [3.05, 3.63) is 29.1 Å².